The minimum absolute atomic E-state index is 0.235. The van der Waals surface area contributed by atoms with Crippen LogP contribution in [0.4, 0.5) is 5.69 Å². The summed E-state index contributed by atoms with van der Waals surface area (Å²) in [4.78, 5) is 18.9. The second-order valence-corrected chi connectivity index (χ2v) is 4.15. The standard InChI is InChI=1S/C12H13ClN4O/c13-9-3-1-2-8(11(9)14)12(18)17-5-4-10-15-6-7-16-10/h1-3,6-7H,4-5,14H2,(H,15,16)(H,17,18). The van der Waals surface area contributed by atoms with Crippen LogP contribution in [0.25, 0.3) is 0 Å². The van der Waals surface area contributed by atoms with Crippen LogP contribution in [0.3, 0.4) is 0 Å². The molecule has 1 aromatic heterocycles. The number of carbonyl (C=O) groups excluding carboxylic acids is 1. The summed E-state index contributed by atoms with van der Waals surface area (Å²) in [6.07, 6.45) is 4.05. The number of hydrogen-bond donors (Lipinski definition) is 3. The third-order valence-corrected chi connectivity index (χ3v) is 2.83. The molecule has 5 nitrogen and oxygen atoms in total. The second kappa shape index (κ2) is 5.55. The molecule has 0 aliphatic rings. The summed E-state index contributed by atoms with van der Waals surface area (Å²) in [5, 5.41) is 3.15. The maximum Gasteiger partial charge on any atom is 0.253 e. The van der Waals surface area contributed by atoms with E-state index in [2.05, 4.69) is 15.3 Å². The highest BCUT2D eigenvalue weighted by Gasteiger charge is 2.11. The number of para-hydroxylation sites is 1. The highest BCUT2D eigenvalue weighted by atomic mass is 35.5. The molecule has 0 saturated carbocycles. The Kier molecular flexibility index (Phi) is 3.84. The topological polar surface area (TPSA) is 83.8 Å². The summed E-state index contributed by atoms with van der Waals surface area (Å²) in [6.45, 7) is 0.484. The Balaban J connectivity index is 1.93. The molecule has 1 aromatic carbocycles. The van der Waals surface area contributed by atoms with Gasteiger partial charge in [0.15, 0.2) is 0 Å². The minimum atomic E-state index is -0.235. The quantitative estimate of drug-likeness (QED) is 0.734. The van der Waals surface area contributed by atoms with Crippen LogP contribution >= 0.6 is 11.6 Å². The van der Waals surface area contributed by atoms with E-state index in [4.69, 9.17) is 17.3 Å². The number of H-pyrrole nitrogens is 1. The first-order valence-electron chi connectivity index (χ1n) is 5.49. The average molecular weight is 265 g/mol. The van der Waals surface area contributed by atoms with Gasteiger partial charge in [-0.05, 0) is 12.1 Å². The molecule has 94 valence electrons. The minimum Gasteiger partial charge on any atom is -0.397 e. The maximum atomic E-state index is 11.9. The molecule has 1 amide bonds. The second-order valence-electron chi connectivity index (χ2n) is 3.74. The number of anilines is 1. The zero-order chi connectivity index (χ0) is 13.0. The van der Waals surface area contributed by atoms with Gasteiger partial charge in [-0.15, -0.1) is 0 Å². The lowest BCUT2D eigenvalue weighted by Crippen LogP contribution is -2.26. The van der Waals surface area contributed by atoms with Crippen LogP contribution in [0.1, 0.15) is 16.2 Å². The zero-order valence-electron chi connectivity index (χ0n) is 9.61. The van der Waals surface area contributed by atoms with Crippen molar-refractivity contribution in [2.45, 2.75) is 6.42 Å². The van der Waals surface area contributed by atoms with Crippen molar-refractivity contribution < 1.29 is 4.79 Å². The molecule has 0 atom stereocenters. The van der Waals surface area contributed by atoms with Crippen molar-refractivity contribution in [3.63, 3.8) is 0 Å². The Bertz CT molecular complexity index is 539. The molecule has 0 unspecified atom stereocenters. The number of halogens is 1. The van der Waals surface area contributed by atoms with E-state index in [1.54, 1.807) is 30.6 Å². The van der Waals surface area contributed by atoms with Crippen molar-refractivity contribution in [3.8, 4) is 0 Å². The molecule has 6 heteroatoms. The van der Waals surface area contributed by atoms with Gasteiger partial charge in [0.05, 0.1) is 16.3 Å². The van der Waals surface area contributed by atoms with Crippen LogP contribution in [-0.4, -0.2) is 22.4 Å². The van der Waals surface area contributed by atoms with Crippen molar-refractivity contribution in [1.82, 2.24) is 15.3 Å². The molecule has 0 aliphatic heterocycles. The molecule has 2 aromatic rings. The van der Waals surface area contributed by atoms with Crippen molar-refractivity contribution in [3.05, 3.63) is 47.0 Å². The van der Waals surface area contributed by atoms with Crippen LogP contribution in [-0.2, 0) is 6.42 Å². The number of rotatable bonds is 4. The van der Waals surface area contributed by atoms with Gasteiger partial charge >= 0.3 is 0 Å². The zero-order valence-corrected chi connectivity index (χ0v) is 10.4. The van der Waals surface area contributed by atoms with E-state index in [9.17, 15) is 4.79 Å². The van der Waals surface area contributed by atoms with E-state index in [1.807, 2.05) is 0 Å². The number of nitrogen functional groups attached to an aromatic ring is 1. The molecule has 0 bridgehead atoms. The summed E-state index contributed by atoms with van der Waals surface area (Å²) in [6, 6.07) is 4.99. The Labute approximate surface area is 109 Å². The number of nitrogens with zero attached hydrogens (tertiary/aromatic N) is 1. The summed E-state index contributed by atoms with van der Waals surface area (Å²) >= 11 is 5.85. The van der Waals surface area contributed by atoms with Crippen molar-refractivity contribution >= 4 is 23.2 Å². The molecule has 18 heavy (non-hydrogen) atoms. The first-order chi connectivity index (χ1) is 8.68. The fraction of sp³-hybridized carbons (Fsp3) is 0.167. The first kappa shape index (κ1) is 12.4. The molecule has 0 fully saturated rings. The number of hydrogen-bond acceptors (Lipinski definition) is 3. The fourth-order valence-corrected chi connectivity index (χ4v) is 1.73. The maximum absolute atomic E-state index is 11.9. The number of nitrogens with two attached hydrogens (primary N) is 1. The van der Waals surface area contributed by atoms with Crippen LogP contribution in [0.15, 0.2) is 30.6 Å². The van der Waals surface area contributed by atoms with Gasteiger partial charge in [-0.25, -0.2) is 4.98 Å². The SMILES string of the molecule is Nc1c(Cl)cccc1C(=O)NCCc1ncc[nH]1. The Morgan fingerprint density at radius 1 is 1.50 bits per heavy atom. The van der Waals surface area contributed by atoms with Gasteiger partial charge in [-0.3, -0.25) is 4.79 Å². The van der Waals surface area contributed by atoms with E-state index < -0.39 is 0 Å². The smallest absolute Gasteiger partial charge is 0.253 e. The molecule has 0 radical (unpaired) electrons. The highest BCUT2D eigenvalue weighted by Crippen LogP contribution is 2.21. The summed E-state index contributed by atoms with van der Waals surface area (Å²) in [5.74, 6) is 0.593. The normalized spacial score (nSPS) is 10.3. The Hall–Kier alpha value is -2.01. The average Bonchev–Trinajstić information content (AvgIpc) is 2.85. The fourth-order valence-electron chi connectivity index (χ4n) is 1.56. The van der Waals surface area contributed by atoms with E-state index in [0.717, 1.165) is 5.82 Å². The van der Waals surface area contributed by atoms with Crippen LogP contribution in [0.5, 0.6) is 0 Å². The number of imidazole rings is 1. The van der Waals surface area contributed by atoms with Crippen molar-refractivity contribution in [2.24, 2.45) is 0 Å². The van der Waals surface area contributed by atoms with E-state index in [1.165, 1.54) is 0 Å². The van der Waals surface area contributed by atoms with Crippen molar-refractivity contribution in [2.75, 3.05) is 12.3 Å². The van der Waals surface area contributed by atoms with Gasteiger partial charge in [0.1, 0.15) is 5.82 Å². The molecule has 0 spiro atoms. The molecular weight excluding hydrogens is 252 g/mol. The van der Waals surface area contributed by atoms with E-state index >= 15 is 0 Å². The number of aromatic amines is 1. The number of benzene rings is 1. The molecule has 2 rings (SSSR count). The van der Waals surface area contributed by atoms with Gasteiger partial charge in [-0.1, -0.05) is 17.7 Å². The van der Waals surface area contributed by atoms with Crippen LogP contribution < -0.4 is 11.1 Å². The number of aromatic nitrogens is 2. The molecule has 4 N–H and O–H groups in total. The van der Waals surface area contributed by atoms with Gasteiger partial charge in [0.2, 0.25) is 0 Å². The number of nitrogens with one attached hydrogen (secondary N) is 2. The van der Waals surface area contributed by atoms with Crippen LogP contribution in [0.2, 0.25) is 5.02 Å². The predicted octanol–water partition coefficient (Wildman–Crippen LogP) is 1.62. The molecule has 1 heterocycles. The lowest BCUT2D eigenvalue weighted by Gasteiger charge is -2.07. The lowest BCUT2D eigenvalue weighted by molar-refractivity contribution is 0.0955. The summed E-state index contributed by atoms with van der Waals surface area (Å²) in [7, 11) is 0. The number of amides is 1. The highest BCUT2D eigenvalue weighted by molar-refractivity contribution is 6.33. The van der Waals surface area contributed by atoms with E-state index in [-0.39, 0.29) is 5.91 Å². The van der Waals surface area contributed by atoms with E-state index in [0.29, 0.717) is 29.2 Å². The van der Waals surface area contributed by atoms with Gasteiger partial charge in [-0.2, -0.15) is 0 Å². The molecular formula is C12H13ClN4O. The predicted molar refractivity (Wildman–Crippen MR) is 70.5 cm³/mol. The lowest BCUT2D eigenvalue weighted by atomic mass is 10.1. The Morgan fingerprint density at radius 2 is 2.33 bits per heavy atom. The van der Waals surface area contributed by atoms with Crippen molar-refractivity contribution in [1.29, 1.82) is 0 Å². The van der Waals surface area contributed by atoms with Gasteiger partial charge < -0.3 is 16.0 Å². The summed E-state index contributed by atoms with van der Waals surface area (Å²) in [5.41, 5.74) is 6.43. The third-order valence-electron chi connectivity index (χ3n) is 2.50. The van der Waals surface area contributed by atoms with Gasteiger partial charge in [0, 0.05) is 25.4 Å². The number of carbonyl (C=O) groups is 1. The first-order valence-corrected chi connectivity index (χ1v) is 5.86. The molecule has 0 aliphatic carbocycles. The largest absolute Gasteiger partial charge is 0.397 e. The summed E-state index contributed by atoms with van der Waals surface area (Å²) < 4.78 is 0. The Morgan fingerprint density at radius 3 is 3.06 bits per heavy atom. The third kappa shape index (κ3) is 2.81. The van der Waals surface area contributed by atoms with Crippen LogP contribution in [0, 0.1) is 0 Å². The van der Waals surface area contributed by atoms with Gasteiger partial charge in [0.25, 0.3) is 5.91 Å². The molecule has 0 saturated heterocycles. The monoisotopic (exact) mass is 264 g/mol.